The molecule has 108 valence electrons. The lowest BCUT2D eigenvalue weighted by atomic mass is 9.65. The molecule has 1 saturated carbocycles. The molecule has 0 saturated heterocycles. The Balaban J connectivity index is 1.96. The molecular weight excluding hydrogens is 260 g/mol. The number of benzene rings is 2. The van der Waals surface area contributed by atoms with Crippen molar-refractivity contribution in [3.63, 3.8) is 0 Å². The van der Waals surface area contributed by atoms with Crippen LogP contribution in [0.2, 0.25) is 0 Å². The quantitative estimate of drug-likeness (QED) is 0.718. The number of fused-ring (bicyclic) bond motifs is 5. The second kappa shape index (κ2) is 4.11. The first-order valence-corrected chi connectivity index (χ1v) is 7.61. The van der Waals surface area contributed by atoms with Gasteiger partial charge in [-0.15, -0.1) is 0 Å². The van der Waals surface area contributed by atoms with E-state index in [9.17, 15) is 10.2 Å². The highest BCUT2D eigenvalue weighted by Gasteiger charge is 2.49. The van der Waals surface area contributed by atoms with E-state index in [-0.39, 0.29) is 17.4 Å². The number of rotatable bonds is 0. The fourth-order valence-electron chi connectivity index (χ4n) is 4.51. The fraction of sp³-hybridized carbons (Fsp3) is 0.368. The molecule has 0 radical (unpaired) electrons. The molecule has 2 N–H and O–H groups in total. The molecule has 0 aliphatic heterocycles. The standard InChI is InChI=1S/C19H20O2/c1-11-17(21)10-19(2)8-7-15-14-6-4-13(20)9-12(14)3-5-16(15)18(11)19/h3-6,9,17-18,20-21H,1,7-8,10H2,2H3/t17-,18+,19-/m1/s1. The molecule has 0 aromatic heterocycles. The summed E-state index contributed by atoms with van der Waals surface area (Å²) in [5.74, 6) is 0.568. The van der Waals surface area contributed by atoms with Crippen molar-refractivity contribution in [1.29, 1.82) is 0 Å². The average molecular weight is 280 g/mol. The first kappa shape index (κ1) is 12.9. The van der Waals surface area contributed by atoms with Crippen LogP contribution < -0.4 is 0 Å². The number of hydrogen-bond acceptors (Lipinski definition) is 2. The predicted octanol–water partition coefficient (Wildman–Crippen LogP) is 3.90. The first-order chi connectivity index (χ1) is 9.99. The van der Waals surface area contributed by atoms with E-state index in [1.54, 1.807) is 6.07 Å². The third kappa shape index (κ3) is 1.69. The largest absolute Gasteiger partial charge is 0.508 e. The zero-order valence-corrected chi connectivity index (χ0v) is 12.3. The highest BCUT2D eigenvalue weighted by atomic mass is 16.3. The van der Waals surface area contributed by atoms with E-state index in [0.717, 1.165) is 30.2 Å². The molecule has 2 heteroatoms. The summed E-state index contributed by atoms with van der Waals surface area (Å²) in [6, 6.07) is 9.84. The Morgan fingerprint density at radius 1 is 1.24 bits per heavy atom. The molecule has 2 aromatic carbocycles. The van der Waals surface area contributed by atoms with Gasteiger partial charge < -0.3 is 10.2 Å². The summed E-state index contributed by atoms with van der Waals surface area (Å²) < 4.78 is 0. The molecule has 4 rings (SSSR count). The van der Waals surface area contributed by atoms with Gasteiger partial charge in [0.2, 0.25) is 0 Å². The number of hydrogen-bond donors (Lipinski definition) is 2. The minimum Gasteiger partial charge on any atom is -0.508 e. The average Bonchev–Trinajstić information content (AvgIpc) is 2.68. The summed E-state index contributed by atoms with van der Waals surface area (Å²) in [7, 11) is 0. The zero-order chi connectivity index (χ0) is 14.8. The van der Waals surface area contributed by atoms with Crippen molar-refractivity contribution in [2.24, 2.45) is 5.41 Å². The lowest BCUT2D eigenvalue weighted by Crippen LogP contribution is -2.27. The van der Waals surface area contributed by atoms with Gasteiger partial charge in [-0.25, -0.2) is 0 Å². The highest BCUT2D eigenvalue weighted by molar-refractivity contribution is 5.88. The number of aromatic hydroxyl groups is 1. The second-order valence-corrected chi connectivity index (χ2v) is 6.92. The molecular formula is C19H20O2. The molecule has 0 heterocycles. The number of aliphatic hydroxyl groups excluding tert-OH is 1. The van der Waals surface area contributed by atoms with Gasteiger partial charge in [-0.2, -0.15) is 0 Å². The van der Waals surface area contributed by atoms with Crippen molar-refractivity contribution >= 4 is 10.8 Å². The topological polar surface area (TPSA) is 40.5 Å². The van der Waals surface area contributed by atoms with Crippen molar-refractivity contribution in [2.75, 3.05) is 0 Å². The van der Waals surface area contributed by atoms with Crippen molar-refractivity contribution < 1.29 is 10.2 Å². The molecule has 0 unspecified atom stereocenters. The molecule has 2 aromatic rings. The molecule has 2 aliphatic carbocycles. The summed E-state index contributed by atoms with van der Waals surface area (Å²) >= 11 is 0. The second-order valence-electron chi connectivity index (χ2n) is 6.92. The Morgan fingerprint density at radius 3 is 2.86 bits per heavy atom. The Hall–Kier alpha value is -1.80. The van der Waals surface area contributed by atoms with Gasteiger partial charge in [0.15, 0.2) is 0 Å². The van der Waals surface area contributed by atoms with Crippen LogP contribution in [0.1, 0.15) is 36.8 Å². The van der Waals surface area contributed by atoms with Crippen LogP contribution in [0.3, 0.4) is 0 Å². The Kier molecular flexibility index (Phi) is 2.52. The van der Waals surface area contributed by atoms with E-state index in [2.05, 4.69) is 25.6 Å². The van der Waals surface area contributed by atoms with Crippen LogP contribution in [0.25, 0.3) is 10.8 Å². The summed E-state index contributed by atoms with van der Waals surface area (Å²) in [5.41, 5.74) is 3.79. The third-order valence-electron chi connectivity index (χ3n) is 5.56. The maximum atomic E-state index is 10.2. The lowest BCUT2D eigenvalue weighted by molar-refractivity contribution is 0.171. The van der Waals surface area contributed by atoms with Gasteiger partial charge in [-0.3, -0.25) is 0 Å². The summed E-state index contributed by atoms with van der Waals surface area (Å²) in [6.07, 6.45) is 2.57. The Labute approximate surface area is 124 Å². The van der Waals surface area contributed by atoms with E-state index in [1.165, 1.54) is 16.5 Å². The molecule has 21 heavy (non-hydrogen) atoms. The van der Waals surface area contributed by atoms with Crippen LogP contribution in [0.15, 0.2) is 42.5 Å². The molecule has 0 bridgehead atoms. The van der Waals surface area contributed by atoms with Crippen LogP contribution in [0, 0.1) is 5.41 Å². The van der Waals surface area contributed by atoms with Crippen molar-refractivity contribution in [3.05, 3.63) is 53.6 Å². The van der Waals surface area contributed by atoms with E-state index < -0.39 is 0 Å². The van der Waals surface area contributed by atoms with E-state index >= 15 is 0 Å². The van der Waals surface area contributed by atoms with Gasteiger partial charge in [0.25, 0.3) is 0 Å². The number of aliphatic hydroxyl groups is 1. The fourth-order valence-corrected chi connectivity index (χ4v) is 4.51. The minimum atomic E-state index is -0.374. The van der Waals surface area contributed by atoms with Crippen LogP contribution >= 0.6 is 0 Å². The van der Waals surface area contributed by atoms with Crippen molar-refractivity contribution in [3.8, 4) is 5.75 Å². The predicted molar refractivity (Wildman–Crippen MR) is 84.5 cm³/mol. The van der Waals surface area contributed by atoms with E-state index in [1.807, 2.05) is 12.1 Å². The first-order valence-electron chi connectivity index (χ1n) is 7.61. The Morgan fingerprint density at radius 2 is 2.05 bits per heavy atom. The number of phenolic OH excluding ortho intramolecular Hbond substituents is 1. The molecule has 0 spiro atoms. The maximum absolute atomic E-state index is 10.2. The van der Waals surface area contributed by atoms with E-state index in [0.29, 0.717) is 5.75 Å². The molecule has 0 amide bonds. The van der Waals surface area contributed by atoms with Crippen LogP contribution in [-0.4, -0.2) is 16.3 Å². The number of phenols is 1. The smallest absolute Gasteiger partial charge is 0.116 e. The van der Waals surface area contributed by atoms with Crippen LogP contribution in [-0.2, 0) is 6.42 Å². The molecule has 2 aliphatic rings. The molecule has 2 nitrogen and oxygen atoms in total. The van der Waals surface area contributed by atoms with Gasteiger partial charge in [-0.1, -0.05) is 31.7 Å². The maximum Gasteiger partial charge on any atom is 0.116 e. The Bertz CT molecular complexity index is 761. The minimum absolute atomic E-state index is 0.133. The summed E-state index contributed by atoms with van der Waals surface area (Å²) in [6.45, 7) is 6.45. The van der Waals surface area contributed by atoms with Gasteiger partial charge in [0.1, 0.15) is 5.75 Å². The zero-order valence-electron chi connectivity index (χ0n) is 12.3. The molecule has 3 atom stereocenters. The van der Waals surface area contributed by atoms with Gasteiger partial charge in [-0.05, 0) is 64.3 Å². The SMILES string of the molecule is C=C1[C@H](O)C[C@@]2(C)CCc3c(ccc4cc(O)ccc34)[C@H]12. The lowest BCUT2D eigenvalue weighted by Gasteiger charge is -2.38. The third-order valence-corrected chi connectivity index (χ3v) is 5.56. The van der Waals surface area contributed by atoms with Gasteiger partial charge in [0, 0.05) is 5.92 Å². The van der Waals surface area contributed by atoms with Crippen molar-refractivity contribution in [2.45, 2.75) is 38.2 Å². The van der Waals surface area contributed by atoms with Gasteiger partial charge >= 0.3 is 0 Å². The summed E-state index contributed by atoms with van der Waals surface area (Å²) in [4.78, 5) is 0. The molecule has 1 fully saturated rings. The number of aryl methyl sites for hydroxylation is 1. The monoisotopic (exact) mass is 280 g/mol. The van der Waals surface area contributed by atoms with Crippen LogP contribution in [0.5, 0.6) is 5.75 Å². The van der Waals surface area contributed by atoms with E-state index in [4.69, 9.17) is 0 Å². The normalized spacial score (nSPS) is 31.2. The summed E-state index contributed by atoms with van der Waals surface area (Å²) in [5, 5.41) is 22.2. The van der Waals surface area contributed by atoms with Gasteiger partial charge in [0.05, 0.1) is 6.10 Å². The van der Waals surface area contributed by atoms with Crippen molar-refractivity contribution in [1.82, 2.24) is 0 Å². The highest BCUT2D eigenvalue weighted by Crippen LogP contribution is 2.58. The van der Waals surface area contributed by atoms with Crippen LogP contribution in [0.4, 0.5) is 0 Å².